The van der Waals surface area contributed by atoms with E-state index in [9.17, 15) is 9.90 Å². The fourth-order valence-corrected chi connectivity index (χ4v) is 2.35. The number of halogens is 1. The molecule has 0 aliphatic heterocycles. The molecule has 0 bridgehead atoms. The predicted octanol–water partition coefficient (Wildman–Crippen LogP) is 4.34. The van der Waals surface area contributed by atoms with Gasteiger partial charge in [0.25, 0.3) is 0 Å². The van der Waals surface area contributed by atoms with Crippen molar-refractivity contribution in [3.8, 4) is 5.75 Å². The summed E-state index contributed by atoms with van der Waals surface area (Å²) in [7, 11) is 0. The first kappa shape index (κ1) is 16.4. The Kier molecular flexibility index (Phi) is 5.83. The maximum absolute atomic E-state index is 11.2. The molecular formula is C17H18BrNO3. The van der Waals surface area contributed by atoms with E-state index >= 15 is 0 Å². The first-order valence-corrected chi connectivity index (χ1v) is 7.82. The second kappa shape index (κ2) is 7.84. The van der Waals surface area contributed by atoms with Crippen molar-refractivity contribution in [1.29, 1.82) is 0 Å². The molecule has 2 aromatic rings. The Balaban J connectivity index is 1.82. The minimum absolute atomic E-state index is 0.300. The summed E-state index contributed by atoms with van der Waals surface area (Å²) < 4.78 is 6.65. The molecule has 2 aromatic carbocycles. The van der Waals surface area contributed by atoms with Crippen molar-refractivity contribution < 1.29 is 14.6 Å². The van der Waals surface area contributed by atoms with Crippen LogP contribution in [0.4, 0.5) is 5.69 Å². The quantitative estimate of drug-likeness (QED) is 0.718. The first-order chi connectivity index (χ1) is 10.6. The molecule has 2 N–H and O–H groups in total. The van der Waals surface area contributed by atoms with Gasteiger partial charge in [-0.1, -0.05) is 28.1 Å². The second-order valence-corrected chi connectivity index (χ2v) is 5.80. The summed E-state index contributed by atoms with van der Waals surface area (Å²) in [5.74, 6) is -0.0948. The molecule has 4 nitrogen and oxygen atoms in total. The van der Waals surface area contributed by atoms with E-state index in [1.165, 1.54) is 0 Å². The van der Waals surface area contributed by atoms with Gasteiger partial charge in [0.1, 0.15) is 5.75 Å². The van der Waals surface area contributed by atoms with E-state index in [2.05, 4.69) is 21.2 Å². The standard InChI is InChI=1S/C17H18BrNO3/c1-12-4-2-5-15(17(20)21)16(12)19-10-3-11-22-14-8-6-13(18)7-9-14/h2,4-9,19H,3,10-11H2,1H3,(H,20,21). The second-order valence-electron chi connectivity index (χ2n) is 4.89. The first-order valence-electron chi connectivity index (χ1n) is 7.03. The predicted molar refractivity (Wildman–Crippen MR) is 90.9 cm³/mol. The highest BCUT2D eigenvalue weighted by Crippen LogP contribution is 2.20. The van der Waals surface area contributed by atoms with Gasteiger partial charge in [0, 0.05) is 11.0 Å². The van der Waals surface area contributed by atoms with Crippen LogP contribution < -0.4 is 10.1 Å². The lowest BCUT2D eigenvalue weighted by atomic mass is 10.1. The average Bonchev–Trinajstić information content (AvgIpc) is 2.50. The van der Waals surface area contributed by atoms with Crippen LogP contribution >= 0.6 is 15.9 Å². The van der Waals surface area contributed by atoms with Gasteiger partial charge in [0.2, 0.25) is 0 Å². The van der Waals surface area contributed by atoms with Gasteiger partial charge in [-0.3, -0.25) is 0 Å². The van der Waals surface area contributed by atoms with Crippen molar-refractivity contribution in [3.05, 3.63) is 58.1 Å². The number of benzene rings is 2. The number of carbonyl (C=O) groups is 1. The normalized spacial score (nSPS) is 10.3. The van der Waals surface area contributed by atoms with Crippen molar-refractivity contribution in [2.24, 2.45) is 0 Å². The Morgan fingerprint density at radius 3 is 2.64 bits per heavy atom. The Bertz CT molecular complexity index is 641. The summed E-state index contributed by atoms with van der Waals surface area (Å²) in [5, 5.41) is 12.4. The molecule has 0 radical (unpaired) electrons. The van der Waals surface area contributed by atoms with Crippen molar-refractivity contribution in [2.45, 2.75) is 13.3 Å². The molecule has 0 saturated heterocycles. The number of aromatic carboxylic acids is 1. The van der Waals surface area contributed by atoms with Crippen LogP contribution in [0.3, 0.4) is 0 Å². The van der Waals surface area contributed by atoms with Gasteiger partial charge in [-0.05, 0) is 49.2 Å². The third-order valence-corrected chi connectivity index (χ3v) is 3.74. The highest BCUT2D eigenvalue weighted by Gasteiger charge is 2.11. The summed E-state index contributed by atoms with van der Waals surface area (Å²) >= 11 is 3.38. The molecule has 0 fully saturated rings. The Labute approximate surface area is 138 Å². The highest BCUT2D eigenvalue weighted by molar-refractivity contribution is 9.10. The van der Waals surface area contributed by atoms with Crippen molar-refractivity contribution >= 4 is 27.6 Å². The van der Waals surface area contributed by atoms with Gasteiger partial charge in [-0.2, -0.15) is 0 Å². The lowest BCUT2D eigenvalue weighted by molar-refractivity contribution is 0.0698. The molecule has 0 amide bonds. The molecule has 0 atom stereocenters. The van der Waals surface area contributed by atoms with Crippen LogP contribution in [0.25, 0.3) is 0 Å². The topological polar surface area (TPSA) is 58.6 Å². The number of anilines is 1. The molecular weight excluding hydrogens is 346 g/mol. The number of hydrogen-bond donors (Lipinski definition) is 2. The van der Waals surface area contributed by atoms with Crippen LogP contribution in [-0.4, -0.2) is 24.2 Å². The van der Waals surface area contributed by atoms with E-state index < -0.39 is 5.97 Å². The van der Waals surface area contributed by atoms with E-state index in [0.29, 0.717) is 24.4 Å². The number of ether oxygens (including phenoxy) is 1. The van der Waals surface area contributed by atoms with Gasteiger partial charge in [-0.25, -0.2) is 4.79 Å². The molecule has 116 valence electrons. The molecule has 0 heterocycles. The third-order valence-electron chi connectivity index (χ3n) is 3.21. The summed E-state index contributed by atoms with van der Waals surface area (Å²) in [4.78, 5) is 11.2. The maximum atomic E-state index is 11.2. The summed E-state index contributed by atoms with van der Waals surface area (Å²) in [6, 6.07) is 12.9. The van der Waals surface area contributed by atoms with Crippen LogP contribution in [0.5, 0.6) is 5.75 Å². The zero-order valence-corrected chi connectivity index (χ0v) is 13.9. The van der Waals surface area contributed by atoms with E-state index in [1.54, 1.807) is 12.1 Å². The van der Waals surface area contributed by atoms with Gasteiger partial charge < -0.3 is 15.2 Å². The van der Waals surface area contributed by atoms with Crippen LogP contribution in [0.2, 0.25) is 0 Å². The van der Waals surface area contributed by atoms with Crippen molar-refractivity contribution in [3.63, 3.8) is 0 Å². The Hall–Kier alpha value is -2.01. The van der Waals surface area contributed by atoms with Gasteiger partial charge in [0.05, 0.1) is 17.9 Å². The van der Waals surface area contributed by atoms with E-state index in [0.717, 1.165) is 22.2 Å². The lowest BCUT2D eigenvalue weighted by Gasteiger charge is -2.13. The minimum atomic E-state index is -0.919. The van der Waals surface area contributed by atoms with Crippen molar-refractivity contribution in [1.82, 2.24) is 0 Å². The number of rotatable bonds is 7. The minimum Gasteiger partial charge on any atom is -0.494 e. The van der Waals surface area contributed by atoms with Crippen molar-refractivity contribution in [2.75, 3.05) is 18.5 Å². The number of hydrogen-bond acceptors (Lipinski definition) is 3. The number of carboxylic acid groups (broad SMARTS) is 1. The third kappa shape index (κ3) is 4.49. The molecule has 0 unspecified atom stereocenters. The molecule has 0 aromatic heterocycles. The fraction of sp³-hybridized carbons (Fsp3) is 0.235. The smallest absolute Gasteiger partial charge is 0.337 e. The monoisotopic (exact) mass is 363 g/mol. The summed E-state index contributed by atoms with van der Waals surface area (Å²) in [5.41, 5.74) is 1.90. The molecule has 5 heteroatoms. The van der Waals surface area contributed by atoms with Gasteiger partial charge in [-0.15, -0.1) is 0 Å². The van der Waals surface area contributed by atoms with Crippen LogP contribution in [0.15, 0.2) is 46.9 Å². The van der Waals surface area contributed by atoms with Crippen LogP contribution in [-0.2, 0) is 0 Å². The molecule has 2 rings (SSSR count). The summed E-state index contributed by atoms with van der Waals surface area (Å²) in [6.45, 7) is 3.12. The number of carboxylic acids is 1. The Morgan fingerprint density at radius 1 is 1.23 bits per heavy atom. The van der Waals surface area contributed by atoms with Crippen LogP contribution in [0, 0.1) is 6.92 Å². The highest BCUT2D eigenvalue weighted by atomic mass is 79.9. The van der Waals surface area contributed by atoms with E-state index in [1.807, 2.05) is 37.3 Å². The number of para-hydroxylation sites is 1. The maximum Gasteiger partial charge on any atom is 0.337 e. The molecule has 0 spiro atoms. The van der Waals surface area contributed by atoms with Gasteiger partial charge >= 0.3 is 5.97 Å². The average molecular weight is 364 g/mol. The molecule has 0 aliphatic rings. The molecule has 0 saturated carbocycles. The van der Waals surface area contributed by atoms with Crippen LogP contribution in [0.1, 0.15) is 22.3 Å². The summed E-state index contributed by atoms with van der Waals surface area (Å²) in [6.07, 6.45) is 0.781. The number of nitrogens with one attached hydrogen (secondary N) is 1. The zero-order chi connectivity index (χ0) is 15.9. The molecule has 22 heavy (non-hydrogen) atoms. The largest absolute Gasteiger partial charge is 0.494 e. The van der Waals surface area contributed by atoms with Gasteiger partial charge in [0.15, 0.2) is 0 Å². The zero-order valence-electron chi connectivity index (χ0n) is 12.3. The lowest BCUT2D eigenvalue weighted by Crippen LogP contribution is -2.11. The Morgan fingerprint density at radius 2 is 1.95 bits per heavy atom. The SMILES string of the molecule is Cc1cccc(C(=O)O)c1NCCCOc1ccc(Br)cc1. The van der Waals surface area contributed by atoms with E-state index in [-0.39, 0.29) is 0 Å². The number of aryl methyl sites for hydroxylation is 1. The fourth-order valence-electron chi connectivity index (χ4n) is 2.09. The van der Waals surface area contributed by atoms with E-state index in [4.69, 9.17) is 4.74 Å². The molecule has 0 aliphatic carbocycles.